The van der Waals surface area contributed by atoms with E-state index in [0.29, 0.717) is 6.42 Å². The highest BCUT2D eigenvalue weighted by atomic mass is 16.1. The van der Waals surface area contributed by atoms with Crippen LogP contribution in [0.15, 0.2) is 12.1 Å². The summed E-state index contributed by atoms with van der Waals surface area (Å²) in [7, 11) is 0. The Hall–Kier alpha value is -1.11. The van der Waals surface area contributed by atoms with Gasteiger partial charge in [-0.1, -0.05) is 32.9 Å². The minimum absolute atomic E-state index is 0.193. The molecule has 0 N–H and O–H groups in total. The Morgan fingerprint density at radius 2 is 1.62 bits per heavy atom. The van der Waals surface area contributed by atoms with Gasteiger partial charge in [-0.3, -0.25) is 0 Å². The predicted molar refractivity (Wildman–Crippen MR) is 69.0 cm³/mol. The fourth-order valence-electron chi connectivity index (χ4n) is 2.02. The third-order valence-electron chi connectivity index (χ3n) is 3.07. The van der Waals surface area contributed by atoms with Gasteiger partial charge in [0.2, 0.25) is 0 Å². The zero-order valence-electron chi connectivity index (χ0n) is 11.1. The lowest BCUT2D eigenvalue weighted by Crippen LogP contribution is -2.12. The van der Waals surface area contributed by atoms with Crippen LogP contribution < -0.4 is 0 Å². The minimum Gasteiger partial charge on any atom is -0.303 e. The lowest BCUT2D eigenvalue weighted by Gasteiger charge is -2.22. The Kier molecular flexibility index (Phi) is 3.90. The number of aldehydes is 1. The third-order valence-corrected chi connectivity index (χ3v) is 3.07. The summed E-state index contributed by atoms with van der Waals surface area (Å²) in [6, 6.07) is 4.51. The summed E-state index contributed by atoms with van der Waals surface area (Å²) in [5, 5.41) is 0. The van der Waals surface area contributed by atoms with Gasteiger partial charge in [0.05, 0.1) is 0 Å². The quantitative estimate of drug-likeness (QED) is 0.706. The topological polar surface area (TPSA) is 17.1 Å². The van der Waals surface area contributed by atoms with E-state index >= 15 is 0 Å². The number of hydrogen-bond acceptors (Lipinski definition) is 1. The van der Waals surface area contributed by atoms with Crippen LogP contribution in [-0.2, 0) is 16.6 Å². The van der Waals surface area contributed by atoms with Crippen molar-refractivity contribution in [3.63, 3.8) is 0 Å². The molecule has 0 aliphatic rings. The van der Waals surface area contributed by atoms with Crippen molar-refractivity contribution in [1.29, 1.82) is 0 Å². The molecule has 0 unspecified atom stereocenters. The van der Waals surface area contributed by atoms with E-state index in [2.05, 4.69) is 46.8 Å². The SMILES string of the molecule is Cc1cc(C(C)(C)C)cc(C)c1CCC=O. The second kappa shape index (κ2) is 4.82. The van der Waals surface area contributed by atoms with E-state index in [4.69, 9.17) is 0 Å². The van der Waals surface area contributed by atoms with Crippen LogP contribution in [-0.4, -0.2) is 6.29 Å². The summed E-state index contributed by atoms with van der Waals surface area (Å²) >= 11 is 0. The number of hydrogen-bond donors (Lipinski definition) is 0. The van der Waals surface area contributed by atoms with E-state index in [-0.39, 0.29) is 5.41 Å². The molecule has 1 nitrogen and oxygen atoms in total. The van der Waals surface area contributed by atoms with Gasteiger partial charge in [0.15, 0.2) is 0 Å². The number of rotatable bonds is 3. The Bertz CT molecular complexity index is 360. The fraction of sp³-hybridized carbons (Fsp3) is 0.533. The zero-order valence-corrected chi connectivity index (χ0v) is 11.1. The van der Waals surface area contributed by atoms with Crippen LogP contribution in [0.5, 0.6) is 0 Å². The van der Waals surface area contributed by atoms with E-state index in [1.54, 1.807) is 0 Å². The van der Waals surface area contributed by atoms with Crippen LogP contribution in [0.25, 0.3) is 0 Å². The monoisotopic (exact) mass is 218 g/mol. The summed E-state index contributed by atoms with van der Waals surface area (Å²) < 4.78 is 0. The van der Waals surface area contributed by atoms with Gasteiger partial charge in [0.25, 0.3) is 0 Å². The highest BCUT2D eigenvalue weighted by Crippen LogP contribution is 2.27. The Morgan fingerprint density at radius 1 is 1.12 bits per heavy atom. The summed E-state index contributed by atoms with van der Waals surface area (Å²) in [4.78, 5) is 10.4. The van der Waals surface area contributed by atoms with Crippen molar-refractivity contribution >= 4 is 6.29 Å². The highest BCUT2D eigenvalue weighted by molar-refractivity contribution is 5.51. The summed E-state index contributed by atoms with van der Waals surface area (Å²) in [5.41, 5.74) is 5.52. The molecular weight excluding hydrogens is 196 g/mol. The number of aryl methyl sites for hydroxylation is 2. The standard InChI is InChI=1S/C15H22O/c1-11-9-13(15(3,4)5)10-12(2)14(11)7-6-8-16/h8-10H,6-7H2,1-5H3. The molecular formula is C15H22O. The molecule has 0 aromatic heterocycles. The lowest BCUT2D eigenvalue weighted by molar-refractivity contribution is -0.107. The van der Waals surface area contributed by atoms with Gasteiger partial charge in [-0.25, -0.2) is 0 Å². The van der Waals surface area contributed by atoms with Gasteiger partial charge >= 0.3 is 0 Å². The van der Waals surface area contributed by atoms with Crippen molar-refractivity contribution < 1.29 is 4.79 Å². The van der Waals surface area contributed by atoms with E-state index in [1.807, 2.05) is 0 Å². The second-order valence-electron chi connectivity index (χ2n) is 5.54. The molecule has 0 spiro atoms. The van der Waals surface area contributed by atoms with Crippen LogP contribution in [0, 0.1) is 13.8 Å². The summed E-state index contributed by atoms with van der Waals surface area (Å²) in [6.07, 6.45) is 2.48. The normalized spacial score (nSPS) is 11.6. The molecule has 0 atom stereocenters. The van der Waals surface area contributed by atoms with Crippen LogP contribution >= 0.6 is 0 Å². The average Bonchev–Trinajstić information content (AvgIpc) is 2.15. The second-order valence-corrected chi connectivity index (χ2v) is 5.54. The molecule has 88 valence electrons. The maximum atomic E-state index is 10.4. The molecule has 0 heterocycles. The molecule has 0 amide bonds. The van der Waals surface area contributed by atoms with Crippen molar-refractivity contribution in [2.75, 3.05) is 0 Å². The van der Waals surface area contributed by atoms with E-state index in [0.717, 1.165) is 12.7 Å². The molecule has 1 aromatic carbocycles. The van der Waals surface area contributed by atoms with E-state index in [9.17, 15) is 4.79 Å². The van der Waals surface area contributed by atoms with E-state index in [1.165, 1.54) is 22.3 Å². The smallest absolute Gasteiger partial charge is 0.120 e. The van der Waals surface area contributed by atoms with Crippen molar-refractivity contribution in [3.05, 3.63) is 34.4 Å². The molecule has 0 bridgehead atoms. The van der Waals surface area contributed by atoms with Gasteiger partial charge in [0.1, 0.15) is 6.29 Å². The first kappa shape index (κ1) is 13.0. The molecule has 16 heavy (non-hydrogen) atoms. The van der Waals surface area contributed by atoms with Crippen molar-refractivity contribution in [2.24, 2.45) is 0 Å². The largest absolute Gasteiger partial charge is 0.303 e. The number of benzene rings is 1. The average molecular weight is 218 g/mol. The number of carbonyl (C=O) groups excluding carboxylic acids is 1. The molecule has 1 aromatic rings. The fourth-order valence-corrected chi connectivity index (χ4v) is 2.02. The van der Waals surface area contributed by atoms with Crippen molar-refractivity contribution in [2.45, 2.75) is 52.9 Å². The Labute approximate surface area is 98.9 Å². The van der Waals surface area contributed by atoms with Gasteiger partial charge in [-0.15, -0.1) is 0 Å². The van der Waals surface area contributed by atoms with Crippen molar-refractivity contribution in [3.8, 4) is 0 Å². The summed E-state index contributed by atoms with van der Waals surface area (Å²) in [5.74, 6) is 0. The van der Waals surface area contributed by atoms with Gasteiger partial charge < -0.3 is 4.79 Å². The molecule has 1 heteroatoms. The first-order valence-electron chi connectivity index (χ1n) is 5.90. The summed E-state index contributed by atoms with van der Waals surface area (Å²) in [6.45, 7) is 11.0. The van der Waals surface area contributed by atoms with Crippen LogP contribution in [0.2, 0.25) is 0 Å². The predicted octanol–water partition coefficient (Wildman–Crippen LogP) is 3.73. The molecule has 0 saturated heterocycles. The highest BCUT2D eigenvalue weighted by Gasteiger charge is 2.15. The van der Waals surface area contributed by atoms with Gasteiger partial charge in [-0.2, -0.15) is 0 Å². The van der Waals surface area contributed by atoms with Crippen molar-refractivity contribution in [1.82, 2.24) is 0 Å². The first-order chi connectivity index (χ1) is 7.36. The van der Waals surface area contributed by atoms with E-state index < -0.39 is 0 Å². The minimum atomic E-state index is 0.193. The molecule has 0 fully saturated rings. The zero-order chi connectivity index (χ0) is 12.3. The molecule has 0 aliphatic carbocycles. The molecule has 0 aliphatic heterocycles. The van der Waals surface area contributed by atoms with Crippen LogP contribution in [0.3, 0.4) is 0 Å². The Morgan fingerprint density at radius 3 is 2.00 bits per heavy atom. The third kappa shape index (κ3) is 2.94. The van der Waals surface area contributed by atoms with Crippen LogP contribution in [0.1, 0.15) is 49.4 Å². The van der Waals surface area contributed by atoms with Crippen LogP contribution in [0.4, 0.5) is 0 Å². The molecule has 0 saturated carbocycles. The maximum absolute atomic E-state index is 10.4. The lowest BCUT2D eigenvalue weighted by atomic mass is 9.83. The first-order valence-corrected chi connectivity index (χ1v) is 5.90. The van der Waals surface area contributed by atoms with Gasteiger partial charge in [0, 0.05) is 6.42 Å². The van der Waals surface area contributed by atoms with Gasteiger partial charge in [-0.05, 0) is 47.9 Å². The maximum Gasteiger partial charge on any atom is 0.120 e. The molecule has 0 radical (unpaired) electrons. The molecule has 1 rings (SSSR count). The number of carbonyl (C=O) groups is 1. The Balaban J connectivity index is 3.12.